The average molecular weight is 347 g/mol. The SMILES string of the molecule is Cc1ccc([C@@H]2C[C@@H]2C(=O)NS(=O)(=O)/C=C/c2ccccc2)s1. The summed E-state index contributed by atoms with van der Waals surface area (Å²) in [5, 5.41) is 1.03. The number of hydrogen-bond acceptors (Lipinski definition) is 4. The molecular formula is C17H17NO3S2. The van der Waals surface area contributed by atoms with Crippen LogP contribution in [0.25, 0.3) is 6.08 Å². The van der Waals surface area contributed by atoms with Crippen molar-refractivity contribution in [3.05, 3.63) is 63.2 Å². The van der Waals surface area contributed by atoms with Crippen LogP contribution in [0, 0.1) is 12.8 Å². The Balaban J connectivity index is 1.60. The molecule has 2 atom stereocenters. The van der Waals surface area contributed by atoms with Crippen molar-refractivity contribution in [3.8, 4) is 0 Å². The van der Waals surface area contributed by atoms with Crippen LogP contribution in [0.15, 0.2) is 47.9 Å². The largest absolute Gasteiger partial charge is 0.274 e. The molecule has 4 nitrogen and oxygen atoms in total. The quantitative estimate of drug-likeness (QED) is 0.903. The van der Waals surface area contributed by atoms with Crippen molar-refractivity contribution in [1.82, 2.24) is 4.72 Å². The van der Waals surface area contributed by atoms with Crippen molar-refractivity contribution in [2.24, 2.45) is 5.92 Å². The Morgan fingerprint density at radius 1 is 1.22 bits per heavy atom. The second kappa shape index (κ2) is 6.29. The summed E-state index contributed by atoms with van der Waals surface area (Å²) >= 11 is 1.66. The molecule has 1 aromatic heterocycles. The first-order valence-corrected chi connectivity index (χ1v) is 9.67. The van der Waals surface area contributed by atoms with E-state index in [1.54, 1.807) is 23.5 Å². The zero-order chi connectivity index (χ0) is 16.4. The van der Waals surface area contributed by atoms with E-state index in [-0.39, 0.29) is 11.8 Å². The zero-order valence-corrected chi connectivity index (χ0v) is 14.2. The zero-order valence-electron chi connectivity index (χ0n) is 12.6. The molecule has 1 aliphatic carbocycles. The summed E-state index contributed by atoms with van der Waals surface area (Å²) in [4.78, 5) is 14.5. The van der Waals surface area contributed by atoms with E-state index in [4.69, 9.17) is 0 Å². The molecule has 1 fully saturated rings. The van der Waals surface area contributed by atoms with Crippen LogP contribution in [0.2, 0.25) is 0 Å². The Hall–Kier alpha value is -1.92. The highest BCUT2D eigenvalue weighted by molar-refractivity contribution is 7.93. The first kappa shape index (κ1) is 16.0. The lowest BCUT2D eigenvalue weighted by Crippen LogP contribution is -2.30. The molecular weight excluding hydrogens is 330 g/mol. The molecule has 120 valence electrons. The fraction of sp³-hybridized carbons (Fsp3) is 0.235. The van der Waals surface area contributed by atoms with Crippen LogP contribution in [0.3, 0.4) is 0 Å². The van der Waals surface area contributed by atoms with E-state index in [0.717, 1.165) is 15.8 Å². The first-order chi connectivity index (χ1) is 10.9. The standard InChI is InChI=1S/C17H17NO3S2/c1-12-7-8-16(22-12)14-11-15(14)17(19)18-23(20,21)10-9-13-5-3-2-4-6-13/h2-10,14-15H,11H2,1H3,(H,18,19)/b10-9+/t14-,15+/m1/s1. The molecule has 0 spiro atoms. The van der Waals surface area contributed by atoms with E-state index >= 15 is 0 Å². The lowest BCUT2D eigenvalue weighted by Gasteiger charge is -2.02. The number of aryl methyl sites for hydroxylation is 1. The summed E-state index contributed by atoms with van der Waals surface area (Å²) in [7, 11) is -3.76. The van der Waals surface area contributed by atoms with E-state index in [1.807, 2.05) is 37.3 Å². The van der Waals surface area contributed by atoms with Crippen LogP contribution in [0.4, 0.5) is 0 Å². The van der Waals surface area contributed by atoms with Gasteiger partial charge in [0.15, 0.2) is 0 Å². The molecule has 1 saturated carbocycles. The number of rotatable bonds is 5. The molecule has 0 saturated heterocycles. The van der Waals surface area contributed by atoms with Crippen molar-refractivity contribution in [1.29, 1.82) is 0 Å². The van der Waals surface area contributed by atoms with E-state index < -0.39 is 15.9 Å². The Morgan fingerprint density at radius 2 is 1.96 bits per heavy atom. The molecule has 1 amide bonds. The van der Waals surface area contributed by atoms with Gasteiger partial charge in [-0.05, 0) is 37.1 Å². The van der Waals surface area contributed by atoms with Gasteiger partial charge in [-0.25, -0.2) is 13.1 Å². The number of carbonyl (C=O) groups is 1. The van der Waals surface area contributed by atoms with Gasteiger partial charge in [-0.3, -0.25) is 4.79 Å². The maximum atomic E-state index is 12.1. The van der Waals surface area contributed by atoms with Crippen LogP contribution < -0.4 is 4.72 Å². The van der Waals surface area contributed by atoms with Gasteiger partial charge in [0.05, 0.1) is 5.41 Å². The molecule has 2 aromatic rings. The molecule has 1 aliphatic rings. The number of sulfonamides is 1. The Bertz CT molecular complexity index is 838. The summed E-state index contributed by atoms with van der Waals surface area (Å²) in [6.07, 6.45) is 2.19. The van der Waals surface area contributed by atoms with Crippen LogP contribution in [0.5, 0.6) is 0 Å². The number of amides is 1. The summed E-state index contributed by atoms with van der Waals surface area (Å²) in [6.45, 7) is 2.02. The first-order valence-electron chi connectivity index (χ1n) is 7.31. The molecule has 1 heterocycles. The lowest BCUT2D eigenvalue weighted by molar-refractivity contribution is -0.120. The summed E-state index contributed by atoms with van der Waals surface area (Å²) < 4.78 is 26.1. The van der Waals surface area contributed by atoms with Gasteiger partial charge in [-0.1, -0.05) is 30.3 Å². The van der Waals surface area contributed by atoms with E-state index in [9.17, 15) is 13.2 Å². The molecule has 6 heteroatoms. The van der Waals surface area contributed by atoms with Crippen molar-refractivity contribution < 1.29 is 13.2 Å². The molecule has 0 radical (unpaired) electrons. The second-order valence-electron chi connectivity index (χ2n) is 5.62. The third kappa shape index (κ3) is 4.09. The van der Waals surface area contributed by atoms with Crippen LogP contribution in [0.1, 0.15) is 27.7 Å². The summed E-state index contributed by atoms with van der Waals surface area (Å²) in [5.74, 6) is -0.506. The van der Waals surface area contributed by atoms with Crippen molar-refractivity contribution >= 4 is 33.3 Å². The normalized spacial score (nSPS) is 20.6. The van der Waals surface area contributed by atoms with Gasteiger partial charge >= 0.3 is 0 Å². The van der Waals surface area contributed by atoms with Crippen molar-refractivity contribution in [2.75, 3.05) is 0 Å². The number of nitrogens with one attached hydrogen (secondary N) is 1. The monoisotopic (exact) mass is 347 g/mol. The molecule has 0 aliphatic heterocycles. The van der Waals surface area contributed by atoms with E-state index in [2.05, 4.69) is 4.72 Å². The topological polar surface area (TPSA) is 63.2 Å². The third-order valence-corrected chi connectivity index (χ3v) is 5.85. The van der Waals surface area contributed by atoms with Gasteiger partial charge in [0.25, 0.3) is 10.0 Å². The highest BCUT2D eigenvalue weighted by Crippen LogP contribution is 2.49. The fourth-order valence-electron chi connectivity index (χ4n) is 2.43. The van der Waals surface area contributed by atoms with Gasteiger partial charge in [0, 0.05) is 21.6 Å². The van der Waals surface area contributed by atoms with Crippen LogP contribution in [-0.2, 0) is 14.8 Å². The van der Waals surface area contributed by atoms with E-state index in [0.29, 0.717) is 6.42 Å². The Kier molecular flexibility index (Phi) is 4.37. The Morgan fingerprint density at radius 3 is 2.61 bits per heavy atom. The minimum Gasteiger partial charge on any atom is -0.274 e. The van der Waals surface area contributed by atoms with Crippen molar-refractivity contribution in [2.45, 2.75) is 19.3 Å². The molecule has 0 unspecified atom stereocenters. The van der Waals surface area contributed by atoms with Gasteiger partial charge in [-0.2, -0.15) is 0 Å². The maximum absolute atomic E-state index is 12.1. The molecule has 1 aromatic carbocycles. The predicted octanol–water partition coefficient (Wildman–Crippen LogP) is 3.28. The smallest absolute Gasteiger partial charge is 0.257 e. The number of thiophene rings is 1. The predicted molar refractivity (Wildman–Crippen MR) is 92.4 cm³/mol. The highest BCUT2D eigenvalue weighted by Gasteiger charge is 2.45. The number of carbonyl (C=O) groups excluding carboxylic acids is 1. The van der Waals surface area contributed by atoms with Gasteiger partial charge in [0.1, 0.15) is 0 Å². The Labute approximate surface area is 139 Å². The lowest BCUT2D eigenvalue weighted by atomic mass is 10.2. The minimum absolute atomic E-state index is 0.155. The number of hydrogen-bond donors (Lipinski definition) is 1. The molecule has 23 heavy (non-hydrogen) atoms. The van der Waals surface area contributed by atoms with Crippen molar-refractivity contribution in [3.63, 3.8) is 0 Å². The second-order valence-corrected chi connectivity index (χ2v) is 8.51. The molecule has 1 N–H and O–H groups in total. The van der Waals surface area contributed by atoms with Crippen LogP contribution >= 0.6 is 11.3 Å². The van der Waals surface area contributed by atoms with Gasteiger partial charge in [-0.15, -0.1) is 11.3 Å². The summed E-state index contributed by atoms with van der Waals surface area (Å²) in [6, 6.07) is 13.1. The molecule has 0 bridgehead atoms. The maximum Gasteiger partial charge on any atom is 0.257 e. The molecule has 3 rings (SSSR count). The number of benzene rings is 1. The van der Waals surface area contributed by atoms with E-state index in [1.165, 1.54) is 11.0 Å². The third-order valence-electron chi connectivity index (χ3n) is 3.74. The summed E-state index contributed by atoms with van der Waals surface area (Å²) in [5.41, 5.74) is 0.767. The van der Waals surface area contributed by atoms with Gasteiger partial charge < -0.3 is 0 Å². The van der Waals surface area contributed by atoms with Gasteiger partial charge in [0.2, 0.25) is 5.91 Å². The highest BCUT2D eigenvalue weighted by atomic mass is 32.2. The minimum atomic E-state index is -3.76. The fourth-order valence-corrected chi connectivity index (χ4v) is 4.33. The average Bonchev–Trinajstić information content (AvgIpc) is 3.21. The van der Waals surface area contributed by atoms with Crippen LogP contribution in [-0.4, -0.2) is 14.3 Å².